The lowest BCUT2D eigenvalue weighted by molar-refractivity contribution is -0.159. The first-order chi connectivity index (χ1) is 11.0. The standard InChI is InChI=1S/C14H10F3N5O/c15-14(16,17)13-21-12(22-23-13)11-19-7-10(8-20-11)18-6-9-4-2-1-3-5-9/h1-5,7-8,18H,6H2. The second-order valence-corrected chi connectivity index (χ2v) is 4.56. The fraction of sp³-hybridized carbons (Fsp3) is 0.143. The van der Waals surface area contributed by atoms with Crippen LogP contribution in [0, 0.1) is 0 Å². The van der Waals surface area contributed by atoms with Crippen LogP contribution in [0.3, 0.4) is 0 Å². The van der Waals surface area contributed by atoms with E-state index in [4.69, 9.17) is 0 Å². The monoisotopic (exact) mass is 321 g/mol. The van der Waals surface area contributed by atoms with Crippen molar-refractivity contribution in [2.24, 2.45) is 0 Å². The number of hydrogen-bond donors (Lipinski definition) is 1. The van der Waals surface area contributed by atoms with Crippen molar-refractivity contribution < 1.29 is 17.7 Å². The van der Waals surface area contributed by atoms with Gasteiger partial charge in [0.15, 0.2) is 0 Å². The van der Waals surface area contributed by atoms with Gasteiger partial charge in [-0.2, -0.15) is 18.2 Å². The first-order valence-electron chi connectivity index (χ1n) is 6.53. The molecule has 0 aliphatic heterocycles. The van der Waals surface area contributed by atoms with Crippen molar-refractivity contribution in [2.45, 2.75) is 12.7 Å². The van der Waals surface area contributed by atoms with Crippen LogP contribution in [0.1, 0.15) is 11.5 Å². The minimum atomic E-state index is -4.69. The molecule has 0 saturated carbocycles. The third-order valence-corrected chi connectivity index (χ3v) is 2.86. The summed E-state index contributed by atoms with van der Waals surface area (Å²) in [7, 11) is 0. The lowest BCUT2D eigenvalue weighted by Gasteiger charge is -2.05. The van der Waals surface area contributed by atoms with Crippen LogP contribution in [-0.2, 0) is 12.7 Å². The van der Waals surface area contributed by atoms with Gasteiger partial charge in [0, 0.05) is 6.54 Å². The van der Waals surface area contributed by atoms with Crippen molar-refractivity contribution in [3.63, 3.8) is 0 Å². The quantitative estimate of drug-likeness (QED) is 0.795. The molecule has 0 aliphatic carbocycles. The largest absolute Gasteiger partial charge is 0.471 e. The Bertz CT molecular complexity index is 771. The summed E-state index contributed by atoms with van der Waals surface area (Å²) >= 11 is 0. The van der Waals surface area contributed by atoms with Crippen molar-refractivity contribution in [3.8, 4) is 11.6 Å². The lowest BCUT2D eigenvalue weighted by atomic mass is 10.2. The lowest BCUT2D eigenvalue weighted by Crippen LogP contribution is -2.05. The highest BCUT2D eigenvalue weighted by atomic mass is 19.4. The highest BCUT2D eigenvalue weighted by Crippen LogP contribution is 2.28. The number of alkyl halides is 3. The molecule has 0 unspecified atom stereocenters. The maximum Gasteiger partial charge on any atom is 0.471 e. The average Bonchev–Trinajstić information content (AvgIpc) is 3.05. The van der Waals surface area contributed by atoms with Crippen molar-refractivity contribution in [1.29, 1.82) is 0 Å². The fourth-order valence-electron chi connectivity index (χ4n) is 1.76. The molecule has 6 nitrogen and oxygen atoms in total. The number of anilines is 1. The number of halogens is 3. The summed E-state index contributed by atoms with van der Waals surface area (Å²) in [5.41, 5.74) is 1.70. The molecule has 0 fully saturated rings. The summed E-state index contributed by atoms with van der Waals surface area (Å²) in [5, 5.41) is 6.32. The van der Waals surface area contributed by atoms with Gasteiger partial charge in [0.05, 0.1) is 18.1 Å². The van der Waals surface area contributed by atoms with Crippen molar-refractivity contribution in [1.82, 2.24) is 20.1 Å². The molecule has 0 aliphatic rings. The average molecular weight is 321 g/mol. The predicted molar refractivity (Wildman–Crippen MR) is 74.1 cm³/mol. The van der Waals surface area contributed by atoms with E-state index in [0.29, 0.717) is 12.2 Å². The van der Waals surface area contributed by atoms with Crippen LogP contribution < -0.4 is 5.32 Å². The summed E-state index contributed by atoms with van der Waals surface area (Å²) in [5.74, 6) is -1.79. The van der Waals surface area contributed by atoms with Crippen LogP contribution in [-0.4, -0.2) is 20.1 Å². The Hall–Kier alpha value is -2.97. The third kappa shape index (κ3) is 3.62. The summed E-state index contributed by atoms with van der Waals surface area (Å²) in [6.45, 7) is 0.573. The molecule has 2 heterocycles. The Kier molecular flexibility index (Phi) is 3.92. The van der Waals surface area contributed by atoms with E-state index in [2.05, 4.69) is 29.9 Å². The van der Waals surface area contributed by atoms with Gasteiger partial charge in [-0.3, -0.25) is 0 Å². The van der Waals surface area contributed by atoms with Crippen molar-refractivity contribution in [3.05, 3.63) is 54.2 Å². The highest BCUT2D eigenvalue weighted by Gasteiger charge is 2.38. The van der Waals surface area contributed by atoms with E-state index in [1.165, 1.54) is 12.4 Å². The van der Waals surface area contributed by atoms with Crippen LogP contribution in [0.2, 0.25) is 0 Å². The van der Waals surface area contributed by atoms with E-state index in [-0.39, 0.29) is 11.6 Å². The van der Waals surface area contributed by atoms with E-state index in [1.54, 1.807) is 0 Å². The number of nitrogens with one attached hydrogen (secondary N) is 1. The summed E-state index contributed by atoms with van der Waals surface area (Å²) in [4.78, 5) is 11.1. The van der Waals surface area contributed by atoms with Gasteiger partial charge < -0.3 is 9.84 Å². The second kappa shape index (κ2) is 6.03. The number of aromatic nitrogens is 4. The summed E-state index contributed by atoms with van der Waals surface area (Å²) in [6.07, 6.45) is -1.81. The van der Waals surface area contributed by atoms with E-state index in [9.17, 15) is 13.2 Å². The smallest absolute Gasteiger partial charge is 0.378 e. The Morgan fingerprint density at radius 3 is 2.30 bits per heavy atom. The number of benzene rings is 1. The van der Waals surface area contributed by atoms with Gasteiger partial charge in [-0.25, -0.2) is 9.97 Å². The second-order valence-electron chi connectivity index (χ2n) is 4.56. The van der Waals surface area contributed by atoms with Gasteiger partial charge in [-0.15, -0.1) is 0 Å². The van der Waals surface area contributed by atoms with Gasteiger partial charge in [0.25, 0.3) is 0 Å². The van der Waals surface area contributed by atoms with Crippen LogP contribution in [0.4, 0.5) is 18.9 Å². The van der Waals surface area contributed by atoms with Crippen LogP contribution >= 0.6 is 0 Å². The first-order valence-corrected chi connectivity index (χ1v) is 6.53. The van der Waals surface area contributed by atoms with Crippen LogP contribution in [0.25, 0.3) is 11.6 Å². The molecule has 0 saturated heterocycles. The molecule has 0 spiro atoms. The molecule has 2 aromatic heterocycles. The normalized spacial score (nSPS) is 11.4. The van der Waals surface area contributed by atoms with Crippen LogP contribution in [0.15, 0.2) is 47.2 Å². The van der Waals surface area contributed by atoms with Crippen molar-refractivity contribution >= 4 is 5.69 Å². The molecule has 0 bridgehead atoms. The Labute approximate surface area is 128 Å². The molecular formula is C14H10F3N5O. The minimum Gasteiger partial charge on any atom is -0.378 e. The molecule has 9 heteroatoms. The highest BCUT2D eigenvalue weighted by molar-refractivity contribution is 5.46. The van der Waals surface area contributed by atoms with Crippen LogP contribution in [0.5, 0.6) is 0 Å². The number of nitrogens with zero attached hydrogens (tertiary/aromatic N) is 4. The van der Waals surface area contributed by atoms with Gasteiger partial charge in [-0.1, -0.05) is 35.5 Å². The Balaban J connectivity index is 1.68. The molecule has 0 atom stereocenters. The minimum absolute atomic E-state index is 0.0467. The molecule has 1 aromatic carbocycles. The zero-order valence-electron chi connectivity index (χ0n) is 11.6. The molecule has 3 rings (SSSR count). The fourth-order valence-corrected chi connectivity index (χ4v) is 1.76. The van der Waals surface area contributed by atoms with Gasteiger partial charge in [-0.05, 0) is 5.56 Å². The molecule has 0 radical (unpaired) electrons. The zero-order chi connectivity index (χ0) is 16.3. The molecule has 23 heavy (non-hydrogen) atoms. The number of hydrogen-bond acceptors (Lipinski definition) is 6. The summed E-state index contributed by atoms with van der Waals surface area (Å²) < 4.78 is 41.3. The van der Waals surface area contributed by atoms with Gasteiger partial charge >= 0.3 is 12.1 Å². The van der Waals surface area contributed by atoms with E-state index in [0.717, 1.165) is 5.56 Å². The Morgan fingerprint density at radius 1 is 1.00 bits per heavy atom. The zero-order valence-corrected chi connectivity index (χ0v) is 11.6. The van der Waals surface area contributed by atoms with Crippen molar-refractivity contribution in [2.75, 3.05) is 5.32 Å². The maximum atomic E-state index is 12.4. The molecule has 118 valence electrons. The maximum absolute atomic E-state index is 12.4. The summed E-state index contributed by atoms with van der Waals surface area (Å²) in [6, 6.07) is 9.68. The van der Waals surface area contributed by atoms with Gasteiger partial charge in [0.2, 0.25) is 11.6 Å². The van der Waals surface area contributed by atoms with Gasteiger partial charge in [0.1, 0.15) is 0 Å². The Morgan fingerprint density at radius 2 is 1.70 bits per heavy atom. The SMILES string of the molecule is FC(F)(F)c1nc(-c2ncc(NCc3ccccc3)cn2)no1. The third-order valence-electron chi connectivity index (χ3n) is 2.86. The van der Waals surface area contributed by atoms with E-state index >= 15 is 0 Å². The van der Waals surface area contributed by atoms with E-state index < -0.39 is 12.1 Å². The topological polar surface area (TPSA) is 76.7 Å². The first kappa shape index (κ1) is 14.9. The van der Waals surface area contributed by atoms with E-state index in [1.807, 2.05) is 30.3 Å². The molecular weight excluding hydrogens is 311 g/mol. The number of rotatable bonds is 4. The molecule has 3 aromatic rings. The molecule has 1 N–H and O–H groups in total. The molecule has 0 amide bonds. The predicted octanol–water partition coefficient (Wildman–Crippen LogP) is 3.16.